The normalized spacial score (nSPS) is 13.1. The number of hydrogen-bond acceptors (Lipinski definition) is 4. The molecule has 6 nitrogen and oxygen atoms in total. The van der Waals surface area contributed by atoms with Gasteiger partial charge in [0.1, 0.15) is 17.5 Å². The van der Waals surface area contributed by atoms with Crippen LogP contribution in [0.3, 0.4) is 0 Å². The Labute approximate surface area is 212 Å². The molecule has 0 aromatic heterocycles. The summed E-state index contributed by atoms with van der Waals surface area (Å²) < 4.78 is 12.0. The molecule has 2 aromatic carbocycles. The van der Waals surface area contributed by atoms with Crippen LogP contribution in [0.4, 0.5) is 0 Å². The Hall–Kier alpha value is -2.54. The molecule has 0 spiro atoms. The van der Waals surface area contributed by atoms with E-state index in [4.69, 9.17) is 9.47 Å². The standard InChI is InChI=1S/C27H37BrN2O4/c1-8-18(2)29-26(32)19(3)30(16-20-10-9-11-22(14-20)33-7)25(31)17-34-24-13-12-21(15-23(24)28)27(4,5)6/h9-15,18-19H,8,16-17H2,1-7H3,(H,29,32). The molecule has 7 heteroatoms. The van der Waals surface area contributed by atoms with E-state index in [1.165, 1.54) is 0 Å². The van der Waals surface area contributed by atoms with Crippen LogP contribution in [0.15, 0.2) is 46.9 Å². The summed E-state index contributed by atoms with van der Waals surface area (Å²) in [6.07, 6.45) is 0.810. The highest BCUT2D eigenvalue weighted by Gasteiger charge is 2.27. The SMILES string of the molecule is CCC(C)NC(=O)C(C)N(Cc1cccc(OC)c1)C(=O)COc1ccc(C(C)(C)C)cc1Br. The third kappa shape index (κ3) is 7.76. The zero-order valence-corrected chi connectivity index (χ0v) is 22.9. The van der Waals surface area contributed by atoms with E-state index < -0.39 is 6.04 Å². The van der Waals surface area contributed by atoms with E-state index in [1.807, 2.05) is 56.3 Å². The Morgan fingerprint density at radius 1 is 1.12 bits per heavy atom. The van der Waals surface area contributed by atoms with Gasteiger partial charge in [0.15, 0.2) is 6.61 Å². The molecule has 0 saturated carbocycles. The smallest absolute Gasteiger partial charge is 0.261 e. The molecule has 0 saturated heterocycles. The molecule has 0 aliphatic rings. The van der Waals surface area contributed by atoms with Crippen LogP contribution in [-0.4, -0.2) is 42.5 Å². The van der Waals surface area contributed by atoms with Gasteiger partial charge in [-0.1, -0.05) is 45.9 Å². The zero-order chi connectivity index (χ0) is 25.5. The summed E-state index contributed by atoms with van der Waals surface area (Å²) in [6, 6.07) is 12.7. The van der Waals surface area contributed by atoms with Gasteiger partial charge in [0.25, 0.3) is 5.91 Å². The second kappa shape index (κ2) is 12.2. The molecule has 0 aliphatic heterocycles. The van der Waals surface area contributed by atoms with E-state index in [-0.39, 0.29) is 36.4 Å². The first kappa shape index (κ1) is 27.7. The van der Waals surface area contributed by atoms with Crippen LogP contribution in [0, 0.1) is 0 Å². The average molecular weight is 534 g/mol. The predicted molar refractivity (Wildman–Crippen MR) is 139 cm³/mol. The number of amides is 2. The third-order valence-electron chi connectivity index (χ3n) is 5.80. The van der Waals surface area contributed by atoms with Crippen molar-refractivity contribution in [3.05, 3.63) is 58.1 Å². The van der Waals surface area contributed by atoms with Crippen molar-refractivity contribution in [2.45, 2.75) is 72.0 Å². The van der Waals surface area contributed by atoms with Crippen molar-refractivity contribution >= 4 is 27.7 Å². The lowest BCUT2D eigenvalue weighted by molar-refractivity contribution is -0.142. The molecule has 2 rings (SSSR count). The van der Waals surface area contributed by atoms with Gasteiger partial charge < -0.3 is 19.7 Å². The fourth-order valence-electron chi connectivity index (χ4n) is 3.32. The molecule has 2 amide bonds. The monoisotopic (exact) mass is 532 g/mol. The maximum atomic E-state index is 13.3. The van der Waals surface area contributed by atoms with Crippen LogP contribution in [0.5, 0.6) is 11.5 Å². The minimum atomic E-state index is -0.664. The summed E-state index contributed by atoms with van der Waals surface area (Å²) in [5.41, 5.74) is 2.03. The highest BCUT2D eigenvalue weighted by atomic mass is 79.9. The Morgan fingerprint density at radius 3 is 2.41 bits per heavy atom. The Morgan fingerprint density at radius 2 is 1.82 bits per heavy atom. The first-order valence-electron chi connectivity index (χ1n) is 11.6. The van der Waals surface area contributed by atoms with Gasteiger partial charge in [0.05, 0.1) is 11.6 Å². The van der Waals surface area contributed by atoms with Gasteiger partial charge in [-0.3, -0.25) is 9.59 Å². The molecule has 0 fully saturated rings. The maximum Gasteiger partial charge on any atom is 0.261 e. The van der Waals surface area contributed by atoms with Crippen LogP contribution in [-0.2, 0) is 21.5 Å². The van der Waals surface area contributed by atoms with Crippen LogP contribution < -0.4 is 14.8 Å². The van der Waals surface area contributed by atoms with Crippen LogP contribution >= 0.6 is 15.9 Å². The Kier molecular flexibility index (Phi) is 9.98. The Balaban J connectivity index is 2.21. The van der Waals surface area contributed by atoms with Gasteiger partial charge in [-0.25, -0.2) is 0 Å². The van der Waals surface area contributed by atoms with Crippen molar-refractivity contribution in [3.8, 4) is 11.5 Å². The van der Waals surface area contributed by atoms with E-state index >= 15 is 0 Å². The molecular weight excluding hydrogens is 496 g/mol. The van der Waals surface area contributed by atoms with Gasteiger partial charge >= 0.3 is 0 Å². The van der Waals surface area contributed by atoms with Gasteiger partial charge in [-0.15, -0.1) is 0 Å². The summed E-state index contributed by atoms with van der Waals surface area (Å²) >= 11 is 3.56. The lowest BCUT2D eigenvalue weighted by Crippen LogP contribution is -2.50. The minimum Gasteiger partial charge on any atom is -0.497 e. The fraction of sp³-hybridized carbons (Fsp3) is 0.481. The maximum absolute atomic E-state index is 13.3. The van der Waals surface area contributed by atoms with E-state index in [9.17, 15) is 9.59 Å². The second-order valence-electron chi connectivity index (χ2n) is 9.55. The number of carbonyl (C=O) groups excluding carboxylic acids is 2. The molecule has 2 atom stereocenters. The third-order valence-corrected chi connectivity index (χ3v) is 6.42. The van der Waals surface area contributed by atoms with E-state index in [1.54, 1.807) is 18.9 Å². The highest BCUT2D eigenvalue weighted by Crippen LogP contribution is 2.31. The van der Waals surface area contributed by atoms with E-state index in [0.717, 1.165) is 22.0 Å². The summed E-state index contributed by atoms with van der Waals surface area (Å²) in [5.74, 6) is 0.808. The molecule has 0 aliphatic carbocycles. The molecule has 186 valence electrons. The number of rotatable bonds is 10. The number of benzene rings is 2. The molecule has 34 heavy (non-hydrogen) atoms. The first-order valence-corrected chi connectivity index (χ1v) is 12.4. The van der Waals surface area contributed by atoms with Gasteiger partial charge in [0.2, 0.25) is 5.91 Å². The lowest BCUT2D eigenvalue weighted by Gasteiger charge is -2.29. The summed E-state index contributed by atoms with van der Waals surface area (Å²) in [5, 5.41) is 2.97. The second-order valence-corrected chi connectivity index (χ2v) is 10.4. The van der Waals surface area contributed by atoms with Gasteiger partial charge in [-0.05, 0) is 77.0 Å². The number of carbonyl (C=O) groups is 2. The van der Waals surface area contributed by atoms with Gasteiger partial charge in [-0.2, -0.15) is 0 Å². The molecule has 0 radical (unpaired) electrons. The number of halogens is 1. The molecule has 1 N–H and O–H groups in total. The largest absolute Gasteiger partial charge is 0.497 e. The number of nitrogens with zero attached hydrogens (tertiary/aromatic N) is 1. The lowest BCUT2D eigenvalue weighted by atomic mass is 9.87. The molecule has 2 aromatic rings. The number of methoxy groups -OCH3 is 1. The number of nitrogens with one attached hydrogen (secondary N) is 1. The van der Waals surface area contributed by atoms with Crippen molar-refractivity contribution in [1.82, 2.24) is 10.2 Å². The van der Waals surface area contributed by atoms with Crippen LogP contribution in [0.2, 0.25) is 0 Å². The van der Waals surface area contributed by atoms with Crippen molar-refractivity contribution in [2.75, 3.05) is 13.7 Å². The molecule has 0 heterocycles. The fourth-order valence-corrected chi connectivity index (χ4v) is 3.82. The highest BCUT2D eigenvalue weighted by molar-refractivity contribution is 9.10. The molecular formula is C27H37BrN2O4. The summed E-state index contributed by atoms with van der Waals surface area (Å²) in [7, 11) is 1.60. The van der Waals surface area contributed by atoms with Crippen LogP contribution in [0.25, 0.3) is 0 Å². The van der Waals surface area contributed by atoms with Crippen molar-refractivity contribution in [3.63, 3.8) is 0 Å². The summed E-state index contributed by atoms with van der Waals surface area (Å²) in [6.45, 7) is 12.2. The number of hydrogen-bond donors (Lipinski definition) is 1. The van der Waals surface area contributed by atoms with Crippen molar-refractivity contribution in [1.29, 1.82) is 0 Å². The van der Waals surface area contributed by atoms with Gasteiger partial charge in [0, 0.05) is 12.6 Å². The number of ether oxygens (including phenoxy) is 2. The van der Waals surface area contributed by atoms with Crippen molar-refractivity contribution < 1.29 is 19.1 Å². The average Bonchev–Trinajstić information content (AvgIpc) is 2.80. The first-order chi connectivity index (χ1) is 16.0. The van der Waals surface area contributed by atoms with Crippen LogP contribution in [0.1, 0.15) is 59.1 Å². The predicted octanol–water partition coefficient (Wildman–Crippen LogP) is 5.47. The topological polar surface area (TPSA) is 67.9 Å². The molecule has 2 unspecified atom stereocenters. The molecule has 0 bridgehead atoms. The minimum absolute atomic E-state index is 0.00281. The zero-order valence-electron chi connectivity index (χ0n) is 21.3. The quantitative estimate of drug-likeness (QED) is 0.440. The Bertz CT molecular complexity index is 987. The van der Waals surface area contributed by atoms with Crippen molar-refractivity contribution in [2.24, 2.45) is 0 Å². The summed E-state index contributed by atoms with van der Waals surface area (Å²) in [4.78, 5) is 27.7. The van der Waals surface area contributed by atoms with E-state index in [0.29, 0.717) is 11.5 Å². The van der Waals surface area contributed by atoms with E-state index in [2.05, 4.69) is 42.0 Å².